The number of carbonyl (C=O) groups is 3. The Morgan fingerprint density at radius 3 is 2.56 bits per heavy atom. The zero-order valence-electron chi connectivity index (χ0n) is 15.2. The van der Waals surface area contributed by atoms with Gasteiger partial charge in [-0.25, -0.2) is 9.59 Å². The second-order valence-corrected chi connectivity index (χ2v) is 6.85. The number of ether oxygens (including phenoxy) is 2. The fourth-order valence-corrected chi connectivity index (χ4v) is 2.79. The van der Waals surface area contributed by atoms with Gasteiger partial charge in [-0.1, -0.05) is 23.8 Å². The van der Waals surface area contributed by atoms with E-state index in [1.807, 2.05) is 36.6 Å². The average Bonchev–Trinajstić information content (AvgIpc) is 3.15. The van der Waals surface area contributed by atoms with Crippen LogP contribution in [-0.2, 0) is 20.7 Å². The summed E-state index contributed by atoms with van der Waals surface area (Å²) >= 11 is 1.60. The molecule has 0 bridgehead atoms. The minimum Gasteiger partial charge on any atom is -0.479 e. The number of thiophene rings is 1. The number of nitrogens with one attached hydrogen (secondary N) is 2. The van der Waals surface area contributed by atoms with Gasteiger partial charge in [-0.2, -0.15) is 0 Å². The third-order valence-electron chi connectivity index (χ3n) is 3.50. The lowest BCUT2D eigenvalue weighted by atomic mass is 10.2. The molecule has 7 nitrogen and oxygen atoms in total. The largest absolute Gasteiger partial charge is 0.479 e. The molecule has 0 aliphatic heterocycles. The van der Waals surface area contributed by atoms with E-state index in [1.54, 1.807) is 23.5 Å². The van der Waals surface area contributed by atoms with Gasteiger partial charge in [-0.05, 0) is 43.8 Å². The summed E-state index contributed by atoms with van der Waals surface area (Å²) < 4.78 is 10.3. The van der Waals surface area contributed by atoms with Gasteiger partial charge in [-0.3, -0.25) is 10.1 Å². The molecule has 1 unspecified atom stereocenters. The molecular weight excluding hydrogens is 368 g/mol. The van der Waals surface area contributed by atoms with Crippen molar-refractivity contribution in [3.63, 3.8) is 0 Å². The Morgan fingerprint density at radius 2 is 1.89 bits per heavy atom. The van der Waals surface area contributed by atoms with Crippen molar-refractivity contribution in [2.45, 2.75) is 26.4 Å². The van der Waals surface area contributed by atoms with E-state index in [4.69, 9.17) is 9.47 Å². The molecule has 1 heterocycles. The second-order valence-electron chi connectivity index (χ2n) is 5.81. The fourth-order valence-electron chi connectivity index (χ4n) is 2.08. The predicted octanol–water partition coefficient (Wildman–Crippen LogP) is 2.44. The van der Waals surface area contributed by atoms with Crippen molar-refractivity contribution in [3.05, 3.63) is 52.2 Å². The van der Waals surface area contributed by atoms with Crippen molar-refractivity contribution in [3.8, 4) is 5.75 Å². The van der Waals surface area contributed by atoms with Gasteiger partial charge in [0.25, 0.3) is 5.91 Å². The molecule has 144 valence electrons. The highest BCUT2D eigenvalue weighted by Gasteiger charge is 2.18. The van der Waals surface area contributed by atoms with Gasteiger partial charge in [0.15, 0.2) is 12.7 Å². The molecule has 0 aliphatic carbocycles. The Kier molecular flexibility index (Phi) is 7.81. The van der Waals surface area contributed by atoms with Crippen LogP contribution in [0.4, 0.5) is 4.79 Å². The summed E-state index contributed by atoms with van der Waals surface area (Å²) in [7, 11) is 0. The third-order valence-corrected chi connectivity index (χ3v) is 4.44. The SMILES string of the molecule is Cc1ccc(OC(C)C(=O)OCC(=O)NC(=O)NCCc2cccs2)cc1. The van der Waals surface area contributed by atoms with Gasteiger partial charge in [0, 0.05) is 11.4 Å². The number of carbonyl (C=O) groups excluding carboxylic acids is 3. The van der Waals surface area contributed by atoms with Gasteiger partial charge >= 0.3 is 12.0 Å². The number of imide groups is 1. The van der Waals surface area contributed by atoms with E-state index in [2.05, 4.69) is 10.6 Å². The molecule has 0 spiro atoms. The number of hydrogen-bond acceptors (Lipinski definition) is 6. The molecule has 1 atom stereocenters. The Bertz CT molecular complexity index is 759. The van der Waals surface area contributed by atoms with Gasteiger partial charge in [-0.15, -0.1) is 11.3 Å². The number of amides is 3. The van der Waals surface area contributed by atoms with Crippen molar-refractivity contribution in [2.24, 2.45) is 0 Å². The minimum atomic E-state index is -0.875. The van der Waals surface area contributed by atoms with Crippen molar-refractivity contribution >= 4 is 29.2 Å². The summed E-state index contributed by atoms with van der Waals surface area (Å²) in [6.07, 6.45) is -0.192. The number of esters is 1. The van der Waals surface area contributed by atoms with E-state index in [9.17, 15) is 14.4 Å². The average molecular weight is 390 g/mol. The Morgan fingerprint density at radius 1 is 1.15 bits per heavy atom. The van der Waals surface area contributed by atoms with Gasteiger partial charge in [0.1, 0.15) is 5.75 Å². The molecule has 0 radical (unpaired) electrons. The number of rotatable bonds is 8. The molecule has 1 aromatic heterocycles. The summed E-state index contributed by atoms with van der Waals surface area (Å²) in [6.45, 7) is 3.31. The molecule has 0 fully saturated rings. The normalized spacial score (nSPS) is 11.3. The molecule has 2 rings (SSSR count). The molecule has 8 heteroatoms. The third kappa shape index (κ3) is 7.49. The summed E-state index contributed by atoms with van der Waals surface area (Å²) in [5.74, 6) is -0.872. The van der Waals surface area contributed by atoms with Crippen LogP contribution in [0.5, 0.6) is 5.75 Å². The molecule has 2 N–H and O–H groups in total. The van der Waals surface area contributed by atoms with Crippen molar-refractivity contribution in [1.82, 2.24) is 10.6 Å². The lowest BCUT2D eigenvalue weighted by Crippen LogP contribution is -2.42. The number of urea groups is 1. The Labute approximate surface area is 161 Å². The molecule has 0 aliphatic rings. The van der Waals surface area contributed by atoms with Gasteiger partial charge < -0.3 is 14.8 Å². The first-order valence-electron chi connectivity index (χ1n) is 8.44. The zero-order valence-corrected chi connectivity index (χ0v) is 16.0. The van der Waals surface area contributed by atoms with Crippen LogP contribution in [0.2, 0.25) is 0 Å². The van der Waals surface area contributed by atoms with E-state index in [-0.39, 0.29) is 0 Å². The first-order chi connectivity index (χ1) is 12.9. The second kappa shape index (κ2) is 10.3. The molecule has 0 saturated heterocycles. The highest BCUT2D eigenvalue weighted by Crippen LogP contribution is 2.13. The standard InChI is InChI=1S/C19H22N2O5S/c1-13-5-7-15(8-6-13)26-14(2)18(23)25-12-17(22)21-19(24)20-10-9-16-4-3-11-27-16/h3-8,11,14H,9-10,12H2,1-2H3,(H2,20,21,22,24). The van der Waals surface area contributed by atoms with E-state index in [0.717, 1.165) is 10.4 Å². The van der Waals surface area contributed by atoms with Gasteiger partial charge in [0.05, 0.1) is 0 Å². The van der Waals surface area contributed by atoms with E-state index in [0.29, 0.717) is 18.7 Å². The van der Waals surface area contributed by atoms with E-state index in [1.165, 1.54) is 6.92 Å². The Balaban J connectivity index is 1.63. The van der Waals surface area contributed by atoms with Crippen LogP contribution in [0.3, 0.4) is 0 Å². The van der Waals surface area contributed by atoms with Crippen molar-refractivity contribution < 1.29 is 23.9 Å². The van der Waals surface area contributed by atoms with E-state index >= 15 is 0 Å². The molecule has 1 aromatic carbocycles. The first-order valence-corrected chi connectivity index (χ1v) is 9.32. The molecule has 0 saturated carbocycles. The number of benzene rings is 1. The predicted molar refractivity (Wildman–Crippen MR) is 102 cm³/mol. The summed E-state index contributed by atoms with van der Waals surface area (Å²) in [5.41, 5.74) is 1.07. The van der Waals surface area contributed by atoms with Crippen LogP contribution >= 0.6 is 11.3 Å². The highest BCUT2D eigenvalue weighted by atomic mass is 32.1. The van der Waals surface area contributed by atoms with E-state index < -0.39 is 30.6 Å². The van der Waals surface area contributed by atoms with Crippen LogP contribution in [0, 0.1) is 6.92 Å². The maximum atomic E-state index is 11.9. The molecule has 3 amide bonds. The van der Waals surface area contributed by atoms with Crippen LogP contribution in [0.15, 0.2) is 41.8 Å². The summed E-state index contributed by atoms with van der Waals surface area (Å²) in [5, 5.41) is 6.63. The van der Waals surface area contributed by atoms with Gasteiger partial charge in [0.2, 0.25) is 0 Å². The topological polar surface area (TPSA) is 93.7 Å². The van der Waals surface area contributed by atoms with Crippen LogP contribution in [0.1, 0.15) is 17.4 Å². The van der Waals surface area contributed by atoms with Crippen LogP contribution in [0.25, 0.3) is 0 Å². The minimum absolute atomic E-state index is 0.404. The molecular formula is C19H22N2O5S. The Hall–Kier alpha value is -2.87. The quantitative estimate of drug-likeness (QED) is 0.675. The van der Waals surface area contributed by atoms with Crippen LogP contribution in [-0.4, -0.2) is 37.2 Å². The fraction of sp³-hybridized carbons (Fsp3) is 0.316. The van der Waals surface area contributed by atoms with Crippen LogP contribution < -0.4 is 15.4 Å². The maximum Gasteiger partial charge on any atom is 0.347 e. The lowest BCUT2D eigenvalue weighted by molar-refractivity contribution is -0.154. The smallest absolute Gasteiger partial charge is 0.347 e. The number of hydrogen-bond donors (Lipinski definition) is 2. The maximum absolute atomic E-state index is 11.9. The monoisotopic (exact) mass is 390 g/mol. The molecule has 27 heavy (non-hydrogen) atoms. The van der Waals surface area contributed by atoms with Crippen molar-refractivity contribution in [1.29, 1.82) is 0 Å². The highest BCUT2D eigenvalue weighted by molar-refractivity contribution is 7.09. The number of aryl methyl sites for hydroxylation is 1. The lowest BCUT2D eigenvalue weighted by Gasteiger charge is -2.14. The molecule has 2 aromatic rings. The van der Waals surface area contributed by atoms with Crippen molar-refractivity contribution in [2.75, 3.05) is 13.2 Å². The zero-order chi connectivity index (χ0) is 19.6. The first kappa shape index (κ1) is 20.4. The summed E-state index contributed by atoms with van der Waals surface area (Å²) in [6, 6.07) is 10.5. The summed E-state index contributed by atoms with van der Waals surface area (Å²) in [4.78, 5) is 36.3.